The minimum absolute atomic E-state index is 0.0597. The Kier molecular flexibility index (Phi) is 6.88. The van der Waals surface area contributed by atoms with Crippen molar-refractivity contribution < 1.29 is 17.9 Å². The van der Waals surface area contributed by atoms with Gasteiger partial charge in [0.05, 0.1) is 12.0 Å². The molecule has 0 spiro atoms. The van der Waals surface area contributed by atoms with Gasteiger partial charge in [-0.2, -0.15) is 0 Å². The lowest BCUT2D eigenvalue weighted by atomic mass is 10.0. The first-order valence-electron chi connectivity index (χ1n) is 10.9. The van der Waals surface area contributed by atoms with Gasteiger partial charge < -0.3 is 21.1 Å². The molecule has 4 aromatic rings. The predicted molar refractivity (Wildman–Crippen MR) is 137 cm³/mol. The normalized spacial score (nSPS) is 12.2. The SMILES string of the molecule is COc1cccc(C(Nc2ccc3c(N)nccc3c2)C(=O)NCc2ccccc2S(C)(=O)=O)c1. The third-order valence-electron chi connectivity index (χ3n) is 5.62. The third kappa shape index (κ3) is 5.52. The summed E-state index contributed by atoms with van der Waals surface area (Å²) in [7, 11) is -1.87. The monoisotopic (exact) mass is 490 g/mol. The van der Waals surface area contributed by atoms with E-state index in [4.69, 9.17) is 10.5 Å². The van der Waals surface area contributed by atoms with Crippen molar-refractivity contribution in [2.45, 2.75) is 17.5 Å². The molecule has 3 aromatic carbocycles. The maximum Gasteiger partial charge on any atom is 0.247 e. The summed E-state index contributed by atoms with van der Waals surface area (Å²) < 4.78 is 29.6. The summed E-state index contributed by atoms with van der Waals surface area (Å²) in [5.41, 5.74) is 7.88. The highest BCUT2D eigenvalue weighted by atomic mass is 32.2. The zero-order valence-corrected chi connectivity index (χ0v) is 20.2. The molecule has 0 saturated heterocycles. The summed E-state index contributed by atoms with van der Waals surface area (Å²) in [6.45, 7) is 0.0597. The molecular formula is C26H26N4O4S. The Morgan fingerprint density at radius 2 is 1.86 bits per heavy atom. The minimum atomic E-state index is -3.43. The molecule has 8 nitrogen and oxygen atoms in total. The predicted octanol–water partition coefficient (Wildman–Crippen LogP) is 3.70. The van der Waals surface area contributed by atoms with Crippen LogP contribution in [0.25, 0.3) is 10.8 Å². The summed E-state index contributed by atoms with van der Waals surface area (Å²) in [6.07, 6.45) is 2.78. The number of nitrogen functional groups attached to an aromatic ring is 1. The van der Waals surface area contributed by atoms with Crippen LogP contribution in [0.1, 0.15) is 17.2 Å². The topological polar surface area (TPSA) is 123 Å². The first-order valence-corrected chi connectivity index (χ1v) is 12.8. The summed E-state index contributed by atoms with van der Waals surface area (Å²) in [5.74, 6) is 0.721. The summed E-state index contributed by atoms with van der Waals surface area (Å²) in [5, 5.41) is 7.87. The van der Waals surface area contributed by atoms with Crippen LogP contribution in [0.5, 0.6) is 5.75 Å². The van der Waals surface area contributed by atoms with E-state index in [1.54, 1.807) is 43.6 Å². The zero-order chi connectivity index (χ0) is 25.0. The van der Waals surface area contributed by atoms with Gasteiger partial charge in [0.1, 0.15) is 17.6 Å². The Hall–Kier alpha value is -4.11. The number of aromatic nitrogens is 1. The van der Waals surface area contributed by atoms with Gasteiger partial charge in [0.25, 0.3) is 0 Å². The van der Waals surface area contributed by atoms with E-state index in [1.807, 2.05) is 36.4 Å². The molecule has 35 heavy (non-hydrogen) atoms. The van der Waals surface area contributed by atoms with Crippen molar-refractivity contribution in [3.8, 4) is 5.75 Å². The van der Waals surface area contributed by atoms with Crippen molar-refractivity contribution in [2.24, 2.45) is 0 Å². The lowest BCUT2D eigenvalue weighted by Gasteiger charge is -2.21. The highest BCUT2D eigenvalue weighted by molar-refractivity contribution is 7.90. The van der Waals surface area contributed by atoms with Crippen molar-refractivity contribution >= 4 is 38.0 Å². The number of carbonyl (C=O) groups excluding carboxylic acids is 1. The van der Waals surface area contributed by atoms with Gasteiger partial charge in [-0.05, 0) is 59.0 Å². The molecule has 9 heteroatoms. The van der Waals surface area contributed by atoms with E-state index in [1.165, 1.54) is 6.07 Å². The fraction of sp³-hybridized carbons (Fsp3) is 0.154. The number of nitrogens with one attached hydrogen (secondary N) is 2. The number of sulfone groups is 1. The summed E-state index contributed by atoms with van der Waals surface area (Å²) in [6, 6.07) is 20.5. The molecule has 0 saturated carbocycles. The molecule has 4 N–H and O–H groups in total. The average molecular weight is 491 g/mol. The number of rotatable bonds is 8. The van der Waals surface area contributed by atoms with E-state index >= 15 is 0 Å². The third-order valence-corrected chi connectivity index (χ3v) is 6.82. The number of methoxy groups -OCH3 is 1. The zero-order valence-electron chi connectivity index (χ0n) is 19.4. The summed E-state index contributed by atoms with van der Waals surface area (Å²) in [4.78, 5) is 17.7. The molecule has 0 fully saturated rings. The number of hydrogen-bond donors (Lipinski definition) is 3. The second-order valence-electron chi connectivity index (χ2n) is 8.08. The molecule has 1 heterocycles. The van der Waals surface area contributed by atoms with Gasteiger partial charge >= 0.3 is 0 Å². The minimum Gasteiger partial charge on any atom is -0.497 e. The number of nitrogens with zero attached hydrogens (tertiary/aromatic N) is 1. The Bertz CT molecular complexity index is 1490. The number of carbonyl (C=O) groups is 1. The van der Waals surface area contributed by atoms with Crippen molar-refractivity contribution in [3.05, 3.63) is 90.1 Å². The van der Waals surface area contributed by atoms with E-state index in [0.717, 1.165) is 17.0 Å². The number of fused-ring (bicyclic) bond motifs is 1. The molecule has 4 rings (SSSR count). The van der Waals surface area contributed by atoms with Gasteiger partial charge in [-0.15, -0.1) is 0 Å². The highest BCUT2D eigenvalue weighted by Gasteiger charge is 2.22. The Balaban J connectivity index is 1.64. The number of ether oxygens (including phenoxy) is 1. The Morgan fingerprint density at radius 1 is 1.06 bits per heavy atom. The number of benzene rings is 3. The molecule has 0 aliphatic heterocycles. The fourth-order valence-corrected chi connectivity index (χ4v) is 4.82. The van der Waals surface area contributed by atoms with Crippen molar-refractivity contribution in [3.63, 3.8) is 0 Å². The largest absolute Gasteiger partial charge is 0.497 e. The second kappa shape index (κ2) is 10.0. The van der Waals surface area contributed by atoms with Gasteiger partial charge in [0.15, 0.2) is 9.84 Å². The van der Waals surface area contributed by atoms with E-state index in [2.05, 4.69) is 15.6 Å². The maximum atomic E-state index is 13.4. The maximum absolute atomic E-state index is 13.4. The van der Waals surface area contributed by atoms with Crippen LogP contribution in [0, 0.1) is 0 Å². The lowest BCUT2D eigenvalue weighted by molar-refractivity contribution is -0.122. The van der Waals surface area contributed by atoms with Gasteiger partial charge in [0.2, 0.25) is 5.91 Å². The molecule has 1 amide bonds. The van der Waals surface area contributed by atoms with E-state index in [-0.39, 0.29) is 17.3 Å². The van der Waals surface area contributed by atoms with Crippen molar-refractivity contribution in [1.82, 2.24) is 10.3 Å². The van der Waals surface area contributed by atoms with Crippen LogP contribution in [0.2, 0.25) is 0 Å². The van der Waals surface area contributed by atoms with Crippen molar-refractivity contribution in [1.29, 1.82) is 0 Å². The quantitative estimate of drug-likeness (QED) is 0.344. The van der Waals surface area contributed by atoms with Crippen LogP contribution in [-0.2, 0) is 21.2 Å². The first kappa shape index (κ1) is 24.0. The second-order valence-corrected chi connectivity index (χ2v) is 10.1. The van der Waals surface area contributed by atoms with E-state index in [0.29, 0.717) is 28.4 Å². The van der Waals surface area contributed by atoms with Crippen LogP contribution in [0.3, 0.4) is 0 Å². The number of pyridine rings is 1. The molecule has 0 bridgehead atoms. The molecule has 1 aromatic heterocycles. The fourth-order valence-electron chi connectivity index (χ4n) is 3.88. The smallest absolute Gasteiger partial charge is 0.247 e. The van der Waals surface area contributed by atoms with Crippen molar-refractivity contribution in [2.75, 3.05) is 24.4 Å². The Morgan fingerprint density at radius 3 is 2.63 bits per heavy atom. The van der Waals surface area contributed by atoms with Crippen LogP contribution in [0.4, 0.5) is 11.5 Å². The molecule has 0 radical (unpaired) electrons. The first-order chi connectivity index (χ1) is 16.8. The van der Waals surface area contributed by atoms with Crippen LogP contribution in [-0.4, -0.2) is 32.7 Å². The highest BCUT2D eigenvalue weighted by Crippen LogP contribution is 2.27. The molecule has 1 unspecified atom stereocenters. The molecular weight excluding hydrogens is 464 g/mol. The van der Waals surface area contributed by atoms with Gasteiger partial charge in [-0.3, -0.25) is 4.79 Å². The van der Waals surface area contributed by atoms with E-state index < -0.39 is 15.9 Å². The van der Waals surface area contributed by atoms with Gasteiger partial charge in [-0.1, -0.05) is 30.3 Å². The van der Waals surface area contributed by atoms with E-state index in [9.17, 15) is 13.2 Å². The van der Waals surface area contributed by atoms with Crippen LogP contribution in [0.15, 0.2) is 83.9 Å². The number of hydrogen-bond acceptors (Lipinski definition) is 7. The number of amides is 1. The number of anilines is 2. The standard InChI is InChI=1S/C26H26N4O4S/c1-34-21-8-5-7-18(15-21)24(30-20-10-11-22-17(14-20)12-13-28-25(22)27)26(31)29-16-19-6-3-4-9-23(19)35(2,32)33/h3-15,24,30H,16H2,1-2H3,(H2,27,28)(H,29,31). The molecule has 0 aliphatic carbocycles. The average Bonchev–Trinajstić information content (AvgIpc) is 2.85. The van der Waals surface area contributed by atoms with Gasteiger partial charge in [-0.25, -0.2) is 13.4 Å². The van der Waals surface area contributed by atoms with Gasteiger partial charge in [0, 0.05) is 30.1 Å². The Labute approximate surface area is 204 Å². The molecule has 180 valence electrons. The summed E-state index contributed by atoms with van der Waals surface area (Å²) >= 11 is 0. The van der Waals surface area contributed by atoms with Crippen LogP contribution >= 0.6 is 0 Å². The lowest BCUT2D eigenvalue weighted by Crippen LogP contribution is -2.33. The number of nitrogens with two attached hydrogens (primary N) is 1. The molecule has 1 atom stereocenters. The van der Waals surface area contributed by atoms with Crippen LogP contribution < -0.4 is 21.1 Å². The molecule has 0 aliphatic rings.